The van der Waals surface area contributed by atoms with E-state index >= 15 is 0 Å². The number of aliphatic carboxylic acids is 1. The third-order valence-electron chi connectivity index (χ3n) is 4.14. The third kappa shape index (κ3) is 3.38. The van der Waals surface area contributed by atoms with E-state index in [2.05, 4.69) is 0 Å². The minimum absolute atomic E-state index is 0.217. The molecule has 1 aromatic rings. The molecule has 108 valence electrons. The van der Waals surface area contributed by atoms with Gasteiger partial charge in [-0.2, -0.15) is 0 Å². The molecule has 1 aromatic carbocycles. The highest BCUT2D eigenvalue weighted by atomic mass is 16.5. The first-order valence-corrected chi connectivity index (χ1v) is 6.95. The van der Waals surface area contributed by atoms with Gasteiger partial charge in [0.2, 0.25) is 0 Å². The van der Waals surface area contributed by atoms with Gasteiger partial charge < -0.3 is 9.84 Å². The minimum atomic E-state index is -0.760. The van der Waals surface area contributed by atoms with Crippen LogP contribution in [-0.4, -0.2) is 17.0 Å². The van der Waals surface area contributed by atoms with Gasteiger partial charge in [0.1, 0.15) is 6.61 Å². The van der Waals surface area contributed by atoms with Crippen LogP contribution < -0.4 is 0 Å². The van der Waals surface area contributed by atoms with Crippen LogP contribution in [0.1, 0.15) is 38.2 Å². The number of hydrogen-bond donors (Lipinski definition) is 1. The molecule has 0 radical (unpaired) electrons. The van der Waals surface area contributed by atoms with Crippen LogP contribution in [0.25, 0.3) is 0 Å². The summed E-state index contributed by atoms with van der Waals surface area (Å²) in [6, 6.07) is 9.56. The van der Waals surface area contributed by atoms with Crippen LogP contribution >= 0.6 is 0 Å². The molecule has 1 aliphatic rings. The monoisotopic (exact) mass is 276 g/mol. The lowest BCUT2D eigenvalue weighted by molar-refractivity contribution is -0.161. The second-order valence-corrected chi connectivity index (χ2v) is 5.73. The number of rotatable bonds is 4. The molecule has 4 heteroatoms. The summed E-state index contributed by atoms with van der Waals surface area (Å²) in [5.74, 6) is -1.29. The summed E-state index contributed by atoms with van der Waals surface area (Å²) in [5.41, 5.74) is 0.421. The van der Waals surface area contributed by atoms with Gasteiger partial charge >= 0.3 is 11.9 Å². The SMILES string of the molecule is C[C@]1(C(=O)OCc2ccccc2)CC[C@@H](C(=O)O)CC1. The molecule has 1 N–H and O–H groups in total. The summed E-state index contributed by atoms with van der Waals surface area (Å²) >= 11 is 0. The molecule has 2 rings (SSSR count). The molecule has 0 heterocycles. The molecule has 1 fully saturated rings. The van der Waals surface area contributed by atoms with Gasteiger partial charge in [-0.15, -0.1) is 0 Å². The van der Waals surface area contributed by atoms with Crippen molar-refractivity contribution in [3.8, 4) is 0 Å². The molecule has 0 atom stereocenters. The van der Waals surface area contributed by atoms with Crippen molar-refractivity contribution in [3.63, 3.8) is 0 Å². The standard InChI is InChI=1S/C16H20O4/c1-16(9-7-13(8-10-16)14(17)18)15(19)20-11-12-5-3-2-4-6-12/h2-6,13H,7-11H2,1H3,(H,17,18)/t13-,16+. The van der Waals surface area contributed by atoms with Gasteiger partial charge in [-0.1, -0.05) is 30.3 Å². The van der Waals surface area contributed by atoms with Crippen molar-refractivity contribution in [2.45, 2.75) is 39.2 Å². The summed E-state index contributed by atoms with van der Waals surface area (Å²) in [7, 11) is 0. The van der Waals surface area contributed by atoms with Gasteiger partial charge in [-0.05, 0) is 38.2 Å². The number of carbonyl (C=O) groups excluding carboxylic acids is 1. The van der Waals surface area contributed by atoms with Crippen LogP contribution in [0.15, 0.2) is 30.3 Å². The second-order valence-electron chi connectivity index (χ2n) is 5.73. The van der Waals surface area contributed by atoms with Crippen molar-refractivity contribution in [2.75, 3.05) is 0 Å². The van der Waals surface area contributed by atoms with Crippen molar-refractivity contribution in [3.05, 3.63) is 35.9 Å². The van der Waals surface area contributed by atoms with E-state index < -0.39 is 11.4 Å². The molecule has 0 aromatic heterocycles. The van der Waals surface area contributed by atoms with Crippen molar-refractivity contribution < 1.29 is 19.4 Å². The summed E-state index contributed by atoms with van der Waals surface area (Å²) in [4.78, 5) is 23.1. The van der Waals surface area contributed by atoms with Gasteiger partial charge in [0.25, 0.3) is 0 Å². The van der Waals surface area contributed by atoms with Crippen LogP contribution in [0.2, 0.25) is 0 Å². The lowest BCUT2D eigenvalue weighted by Gasteiger charge is -2.33. The fourth-order valence-electron chi connectivity index (χ4n) is 2.60. The molecular formula is C16H20O4. The molecule has 20 heavy (non-hydrogen) atoms. The van der Waals surface area contributed by atoms with Crippen LogP contribution in [0.5, 0.6) is 0 Å². The number of hydrogen-bond acceptors (Lipinski definition) is 3. The first kappa shape index (κ1) is 14.6. The number of carboxylic acid groups (broad SMARTS) is 1. The highest BCUT2D eigenvalue weighted by Crippen LogP contribution is 2.39. The van der Waals surface area contributed by atoms with Gasteiger partial charge in [-0.25, -0.2) is 0 Å². The van der Waals surface area contributed by atoms with E-state index in [0.717, 1.165) is 5.56 Å². The summed E-state index contributed by atoms with van der Waals surface area (Å²) < 4.78 is 5.38. The minimum Gasteiger partial charge on any atom is -0.481 e. The van der Waals surface area contributed by atoms with E-state index in [-0.39, 0.29) is 18.5 Å². The third-order valence-corrected chi connectivity index (χ3v) is 4.14. The number of esters is 1. The van der Waals surface area contributed by atoms with E-state index in [1.807, 2.05) is 37.3 Å². The maximum atomic E-state index is 12.2. The molecule has 0 spiro atoms. The highest BCUT2D eigenvalue weighted by molar-refractivity contribution is 5.77. The summed E-state index contributed by atoms with van der Waals surface area (Å²) in [5, 5.41) is 8.98. The van der Waals surface area contributed by atoms with Gasteiger partial charge in [-0.3, -0.25) is 9.59 Å². The molecule has 0 saturated heterocycles. The number of carbonyl (C=O) groups is 2. The van der Waals surface area contributed by atoms with E-state index in [1.165, 1.54) is 0 Å². The molecule has 0 bridgehead atoms. The predicted molar refractivity (Wildman–Crippen MR) is 73.9 cm³/mol. The molecule has 0 aliphatic heterocycles. The topological polar surface area (TPSA) is 63.6 Å². The molecule has 1 aliphatic carbocycles. The van der Waals surface area contributed by atoms with E-state index in [0.29, 0.717) is 25.7 Å². The fraction of sp³-hybridized carbons (Fsp3) is 0.500. The van der Waals surface area contributed by atoms with Crippen LogP contribution in [-0.2, 0) is 20.9 Å². The quantitative estimate of drug-likeness (QED) is 0.859. The lowest BCUT2D eigenvalue weighted by Crippen LogP contribution is -2.35. The molecular weight excluding hydrogens is 256 g/mol. The Kier molecular flexibility index (Phi) is 4.42. The average molecular weight is 276 g/mol. The molecule has 0 amide bonds. The molecule has 4 nitrogen and oxygen atoms in total. The largest absolute Gasteiger partial charge is 0.481 e. The van der Waals surface area contributed by atoms with Gasteiger partial charge in [0, 0.05) is 0 Å². The van der Waals surface area contributed by atoms with Crippen LogP contribution in [0.3, 0.4) is 0 Å². The Morgan fingerprint density at radius 1 is 1.25 bits per heavy atom. The van der Waals surface area contributed by atoms with Crippen LogP contribution in [0.4, 0.5) is 0 Å². The first-order valence-electron chi connectivity index (χ1n) is 6.95. The zero-order valence-corrected chi connectivity index (χ0v) is 11.7. The summed E-state index contributed by atoms with van der Waals surface area (Å²) in [6.07, 6.45) is 2.26. The maximum absolute atomic E-state index is 12.2. The number of carboxylic acids is 1. The predicted octanol–water partition coefficient (Wildman–Crippen LogP) is 3.01. The van der Waals surface area contributed by atoms with Gasteiger partial charge in [0.15, 0.2) is 0 Å². The van der Waals surface area contributed by atoms with Gasteiger partial charge in [0.05, 0.1) is 11.3 Å². The Hall–Kier alpha value is -1.84. The zero-order valence-electron chi connectivity index (χ0n) is 11.7. The Balaban J connectivity index is 1.88. The van der Waals surface area contributed by atoms with E-state index in [9.17, 15) is 9.59 Å². The van der Waals surface area contributed by atoms with Crippen molar-refractivity contribution in [2.24, 2.45) is 11.3 Å². The number of benzene rings is 1. The zero-order chi connectivity index (χ0) is 14.6. The Morgan fingerprint density at radius 3 is 2.40 bits per heavy atom. The first-order chi connectivity index (χ1) is 9.51. The normalized spacial score (nSPS) is 25.9. The fourth-order valence-corrected chi connectivity index (χ4v) is 2.60. The number of ether oxygens (including phenoxy) is 1. The van der Waals surface area contributed by atoms with Crippen molar-refractivity contribution in [1.29, 1.82) is 0 Å². The maximum Gasteiger partial charge on any atom is 0.312 e. The second kappa shape index (κ2) is 6.07. The Morgan fingerprint density at radius 2 is 1.85 bits per heavy atom. The van der Waals surface area contributed by atoms with Crippen molar-refractivity contribution in [1.82, 2.24) is 0 Å². The van der Waals surface area contributed by atoms with Crippen molar-refractivity contribution >= 4 is 11.9 Å². The molecule has 0 unspecified atom stereocenters. The van der Waals surface area contributed by atoms with E-state index in [1.54, 1.807) is 0 Å². The molecule has 1 saturated carbocycles. The Bertz CT molecular complexity index is 473. The summed E-state index contributed by atoms with van der Waals surface area (Å²) in [6.45, 7) is 2.15. The average Bonchev–Trinajstić information content (AvgIpc) is 2.46. The Labute approximate surface area is 118 Å². The van der Waals surface area contributed by atoms with E-state index in [4.69, 9.17) is 9.84 Å². The smallest absolute Gasteiger partial charge is 0.312 e. The highest BCUT2D eigenvalue weighted by Gasteiger charge is 2.40. The van der Waals surface area contributed by atoms with Crippen LogP contribution in [0, 0.1) is 11.3 Å². The lowest BCUT2D eigenvalue weighted by atomic mass is 9.72.